The van der Waals surface area contributed by atoms with Crippen LogP contribution in [0.25, 0.3) is 0 Å². The fraction of sp³-hybridized carbons (Fsp3) is 0.706. The van der Waals surface area contributed by atoms with Gasteiger partial charge in [-0.05, 0) is 44.6 Å². The van der Waals surface area contributed by atoms with Crippen molar-refractivity contribution >= 4 is 11.5 Å². The Labute approximate surface area is 142 Å². The molecule has 132 valence electrons. The summed E-state index contributed by atoms with van der Waals surface area (Å²) < 4.78 is 11.7. The van der Waals surface area contributed by atoms with Gasteiger partial charge in [0.1, 0.15) is 0 Å². The van der Waals surface area contributed by atoms with Gasteiger partial charge in [-0.2, -0.15) is 0 Å². The largest absolute Gasteiger partial charge is 0.376 e. The number of aromatic nitrogens is 1. The zero-order chi connectivity index (χ0) is 16.9. The highest BCUT2D eigenvalue weighted by Gasteiger charge is 2.27. The van der Waals surface area contributed by atoms with Crippen molar-refractivity contribution < 1.29 is 14.4 Å². The van der Waals surface area contributed by atoms with Crippen LogP contribution in [-0.4, -0.2) is 48.4 Å². The first kappa shape index (κ1) is 17.1. The summed E-state index contributed by atoms with van der Waals surface area (Å²) in [4.78, 5) is 17.2. The predicted octanol–water partition coefficient (Wildman–Crippen LogP) is 2.85. The molecule has 7 heteroatoms. The minimum atomic E-state index is -0.349. The number of pyridine rings is 1. The molecule has 2 aliphatic heterocycles. The van der Waals surface area contributed by atoms with Gasteiger partial charge in [0, 0.05) is 32.0 Å². The van der Waals surface area contributed by atoms with E-state index >= 15 is 0 Å². The number of nitro groups is 1. The van der Waals surface area contributed by atoms with Gasteiger partial charge in [-0.3, -0.25) is 10.1 Å². The standard InChI is InChI=1S/C17H25N3O4/c1-13-10-16(20(21)22)17(18-11-13)19-7-5-14(6-8-19)24-12-15-4-2-3-9-23-15/h10-11,14-15H,2-9,12H2,1H3. The maximum atomic E-state index is 11.3. The van der Waals surface area contributed by atoms with Gasteiger partial charge in [-0.25, -0.2) is 4.98 Å². The number of nitrogens with zero attached hydrogens (tertiary/aromatic N) is 3. The summed E-state index contributed by atoms with van der Waals surface area (Å²) in [6.45, 7) is 4.78. The number of hydrogen-bond acceptors (Lipinski definition) is 6. The summed E-state index contributed by atoms with van der Waals surface area (Å²) in [5.41, 5.74) is 0.890. The molecular formula is C17H25N3O4. The van der Waals surface area contributed by atoms with E-state index in [-0.39, 0.29) is 22.8 Å². The molecule has 0 radical (unpaired) electrons. The van der Waals surface area contributed by atoms with Gasteiger partial charge in [0.25, 0.3) is 0 Å². The van der Waals surface area contributed by atoms with Gasteiger partial charge in [0.2, 0.25) is 5.82 Å². The number of rotatable bonds is 5. The van der Waals surface area contributed by atoms with Crippen LogP contribution in [0.1, 0.15) is 37.7 Å². The van der Waals surface area contributed by atoms with E-state index < -0.39 is 0 Å². The van der Waals surface area contributed by atoms with Gasteiger partial charge in [0.05, 0.1) is 23.7 Å². The van der Waals surface area contributed by atoms with E-state index in [9.17, 15) is 10.1 Å². The fourth-order valence-electron chi connectivity index (χ4n) is 3.34. The zero-order valence-electron chi connectivity index (χ0n) is 14.1. The third-order valence-corrected chi connectivity index (χ3v) is 4.71. The Hall–Kier alpha value is -1.73. The molecule has 0 N–H and O–H groups in total. The Morgan fingerprint density at radius 3 is 2.83 bits per heavy atom. The summed E-state index contributed by atoms with van der Waals surface area (Å²) in [5.74, 6) is 0.472. The van der Waals surface area contributed by atoms with Crippen molar-refractivity contribution in [3.05, 3.63) is 27.9 Å². The third kappa shape index (κ3) is 4.21. The first-order valence-corrected chi connectivity index (χ1v) is 8.72. The molecule has 0 saturated carbocycles. The summed E-state index contributed by atoms with van der Waals surface area (Å²) >= 11 is 0. The minimum absolute atomic E-state index is 0.0879. The molecule has 24 heavy (non-hydrogen) atoms. The molecule has 0 bridgehead atoms. The smallest absolute Gasteiger partial charge is 0.311 e. The van der Waals surface area contributed by atoms with Crippen LogP contribution in [0, 0.1) is 17.0 Å². The molecule has 1 unspecified atom stereocenters. The van der Waals surface area contributed by atoms with E-state index in [2.05, 4.69) is 4.98 Å². The van der Waals surface area contributed by atoms with Crippen LogP contribution in [0.5, 0.6) is 0 Å². The maximum absolute atomic E-state index is 11.3. The van der Waals surface area contributed by atoms with Crippen molar-refractivity contribution in [2.75, 3.05) is 31.2 Å². The molecule has 0 aromatic carbocycles. The van der Waals surface area contributed by atoms with Gasteiger partial charge in [-0.1, -0.05) is 0 Å². The van der Waals surface area contributed by atoms with Gasteiger partial charge in [-0.15, -0.1) is 0 Å². The number of piperidine rings is 1. The van der Waals surface area contributed by atoms with Crippen LogP contribution >= 0.6 is 0 Å². The van der Waals surface area contributed by atoms with Crippen molar-refractivity contribution in [2.45, 2.75) is 51.2 Å². The van der Waals surface area contributed by atoms with Gasteiger partial charge >= 0.3 is 5.69 Å². The highest BCUT2D eigenvalue weighted by Crippen LogP contribution is 2.29. The van der Waals surface area contributed by atoms with Crippen molar-refractivity contribution in [1.82, 2.24) is 4.98 Å². The molecule has 2 aliphatic rings. The van der Waals surface area contributed by atoms with Crippen LogP contribution < -0.4 is 4.90 Å². The SMILES string of the molecule is Cc1cnc(N2CCC(OCC3CCCCO3)CC2)c([N+](=O)[O-])c1. The Morgan fingerprint density at radius 2 is 2.17 bits per heavy atom. The normalized spacial score (nSPS) is 22.5. The van der Waals surface area contributed by atoms with Crippen molar-refractivity contribution in [3.63, 3.8) is 0 Å². The molecule has 3 rings (SSSR count). The van der Waals surface area contributed by atoms with E-state index in [4.69, 9.17) is 9.47 Å². The molecule has 2 fully saturated rings. The summed E-state index contributed by atoms with van der Waals surface area (Å²) in [6, 6.07) is 1.59. The summed E-state index contributed by atoms with van der Waals surface area (Å²) in [7, 11) is 0. The zero-order valence-corrected chi connectivity index (χ0v) is 14.1. The Bertz CT molecular complexity index is 567. The lowest BCUT2D eigenvalue weighted by Crippen LogP contribution is -2.39. The number of ether oxygens (including phenoxy) is 2. The lowest BCUT2D eigenvalue weighted by Gasteiger charge is -2.33. The summed E-state index contributed by atoms with van der Waals surface area (Å²) in [6.07, 6.45) is 7.29. The fourth-order valence-corrected chi connectivity index (χ4v) is 3.34. The van der Waals surface area contributed by atoms with Gasteiger partial charge in [0.15, 0.2) is 0 Å². The summed E-state index contributed by atoms with van der Waals surface area (Å²) in [5, 5.41) is 11.3. The van der Waals surface area contributed by atoms with Crippen LogP contribution in [0.15, 0.2) is 12.3 Å². The Morgan fingerprint density at radius 1 is 1.38 bits per heavy atom. The van der Waals surface area contributed by atoms with Crippen molar-refractivity contribution in [2.24, 2.45) is 0 Å². The number of aryl methyl sites for hydroxylation is 1. The molecule has 2 saturated heterocycles. The average molecular weight is 335 g/mol. The molecule has 1 atom stereocenters. The van der Waals surface area contributed by atoms with E-state index in [1.807, 2.05) is 11.8 Å². The molecule has 3 heterocycles. The van der Waals surface area contributed by atoms with Crippen molar-refractivity contribution in [1.29, 1.82) is 0 Å². The van der Waals surface area contributed by atoms with Crippen LogP contribution in [0.2, 0.25) is 0 Å². The first-order chi connectivity index (χ1) is 11.6. The lowest BCUT2D eigenvalue weighted by molar-refractivity contribution is -0.384. The van der Waals surface area contributed by atoms with Crippen molar-refractivity contribution in [3.8, 4) is 0 Å². The predicted molar refractivity (Wildman–Crippen MR) is 90.4 cm³/mol. The monoisotopic (exact) mass is 335 g/mol. The van der Waals surface area contributed by atoms with Crippen LogP contribution in [-0.2, 0) is 9.47 Å². The van der Waals surface area contributed by atoms with E-state index in [1.54, 1.807) is 12.3 Å². The number of hydrogen-bond donors (Lipinski definition) is 0. The molecule has 1 aromatic heterocycles. The highest BCUT2D eigenvalue weighted by atomic mass is 16.6. The second kappa shape index (κ2) is 7.90. The van der Waals surface area contributed by atoms with Crippen LogP contribution in [0.4, 0.5) is 11.5 Å². The highest BCUT2D eigenvalue weighted by molar-refractivity contribution is 5.58. The first-order valence-electron chi connectivity index (χ1n) is 8.72. The Kier molecular flexibility index (Phi) is 5.63. The maximum Gasteiger partial charge on any atom is 0.311 e. The number of anilines is 1. The molecule has 0 amide bonds. The Balaban J connectivity index is 1.52. The third-order valence-electron chi connectivity index (χ3n) is 4.71. The average Bonchev–Trinajstić information content (AvgIpc) is 2.61. The second-order valence-electron chi connectivity index (χ2n) is 6.62. The molecule has 0 spiro atoms. The molecule has 7 nitrogen and oxygen atoms in total. The van der Waals surface area contributed by atoms with Gasteiger partial charge < -0.3 is 14.4 Å². The van der Waals surface area contributed by atoms with E-state index in [0.717, 1.165) is 50.9 Å². The topological polar surface area (TPSA) is 77.7 Å². The van der Waals surface area contributed by atoms with E-state index in [1.165, 1.54) is 6.42 Å². The molecule has 0 aliphatic carbocycles. The lowest BCUT2D eigenvalue weighted by atomic mass is 10.1. The van der Waals surface area contributed by atoms with E-state index in [0.29, 0.717) is 12.4 Å². The second-order valence-corrected chi connectivity index (χ2v) is 6.62. The van der Waals surface area contributed by atoms with Crippen LogP contribution in [0.3, 0.4) is 0 Å². The molecule has 1 aromatic rings. The quantitative estimate of drug-likeness (QED) is 0.608. The minimum Gasteiger partial charge on any atom is -0.376 e. The molecular weight excluding hydrogens is 310 g/mol.